The van der Waals surface area contributed by atoms with Gasteiger partial charge in [-0.15, -0.1) is 0 Å². The zero-order chi connectivity index (χ0) is 14.7. The summed E-state index contributed by atoms with van der Waals surface area (Å²) in [5.74, 6) is -2.69. The maximum atomic E-state index is 11.9. The lowest BCUT2D eigenvalue weighted by atomic mass is 9.96. The van der Waals surface area contributed by atoms with Crippen LogP contribution in [-0.4, -0.2) is 33.7 Å². The molecule has 0 bridgehead atoms. The monoisotopic (exact) mass is 279 g/mol. The number of nitrogens with one attached hydrogen (secondary N) is 1. The zero-order valence-electron chi connectivity index (χ0n) is 10.9. The van der Waals surface area contributed by atoms with Gasteiger partial charge in [0.2, 0.25) is 0 Å². The third kappa shape index (κ3) is 2.84. The van der Waals surface area contributed by atoms with Gasteiger partial charge in [0, 0.05) is 6.54 Å². The maximum Gasteiger partial charge on any atom is 0.306 e. The fraction of sp³-hybridized carbons (Fsp3) is 0.429. The SMILES string of the molecule is O=C(NCC1CCCC1C(=O)O)c1cccc(O)c1O. The molecule has 0 heterocycles. The number of hydrogen-bond donors (Lipinski definition) is 4. The van der Waals surface area contributed by atoms with E-state index >= 15 is 0 Å². The van der Waals surface area contributed by atoms with Crippen LogP contribution in [0.3, 0.4) is 0 Å². The highest BCUT2D eigenvalue weighted by atomic mass is 16.4. The van der Waals surface area contributed by atoms with Gasteiger partial charge in [0.05, 0.1) is 11.5 Å². The molecule has 0 spiro atoms. The summed E-state index contributed by atoms with van der Waals surface area (Å²) in [4.78, 5) is 23.0. The molecule has 1 aromatic carbocycles. The molecule has 0 radical (unpaired) electrons. The van der Waals surface area contributed by atoms with E-state index in [0.29, 0.717) is 6.42 Å². The Balaban J connectivity index is 1.99. The van der Waals surface area contributed by atoms with Crippen molar-refractivity contribution in [3.63, 3.8) is 0 Å². The molecule has 0 aromatic heterocycles. The van der Waals surface area contributed by atoms with Crippen molar-refractivity contribution in [3.05, 3.63) is 23.8 Å². The van der Waals surface area contributed by atoms with E-state index in [1.807, 2.05) is 0 Å². The van der Waals surface area contributed by atoms with Crippen LogP contribution in [0.4, 0.5) is 0 Å². The average Bonchev–Trinajstić information content (AvgIpc) is 2.87. The third-order valence-corrected chi connectivity index (χ3v) is 3.76. The second-order valence-electron chi connectivity index (χ2n) is 5.02. The molecular weight excluding hydrogens is 262 g/mol. The standard InChI is InChI=1S/C14H17NO5/c16-11-6-2-5-10(12(11)17)13(18)15-7-8-3-1-4-9(8)14(19)20/h2,5-6,8-9,16-17H,1,3-4,7H2,(H,15,18)(H,19,20). The van der Waals surface area contributed by atoms with Gasteiger partial charge in [-0.05, 0) is 30.9 Å². The number of carbonyl (C=O) groups excluding carboxylic acids is 1. The van der Waals surface area contributed by atoms with Crippen molar-refractivity contribution in [2.24, 2.45) is 11.8 Å². The minimum absolute atomic E-state index is 0.0186. The first-order valence-electron chi connectivity index (χ1n) is 6.52. The van der Waals surface area contributed by atoms with Crippen LogP contribution in [0, 0.1) is 11.8 Å². The summed E-state index contributed by atoms with van der Waals surface area (Å²) in [6.07, 6.45) is 2.24. The lowest BCUT2D eigenvalue weighted by molar-refractivity contribution is -0.142. The molecule has 6 nitrogen and oxygen atoms in total. The summed E-state index contributed by atoms with van der Waals surface area (Å²) < 4.78 is 0. The van der Waals surface area contributed by atoms with Crippen molar-refractivity contribution in [2.75, 3.05) is 6.54 Å². The molecule has 0 aliphatic heterocycles. The van der Waals surface area contributed by atoms with Gasteiger partial charge in [-0.2, -0.15) is 0 Å². The lowest BCUT2D eigenvalue weighted by Crippen LogP contribution is -2.33. The molecule has 1 amide bonds. The number of rotatable bonds is 4. The molecule has 1 saturated carbocycles. The molecule has 1 fully saturated rings. The Kier molecular flexibility index (Phi) is 4.12. The van der Waals surface area contributed by atoms with Crippen LogP contribution < -0.4 is 5.32 Å². The highest BCUT2D eigenvalue weighted by molar-refractivity contribution is 5.97. The predicted octanol–water partition coefficient (Wildman–Crippen LogP) is 1.33. The fourth-order valence-corrected chi connectivity index (χ4v) is 2.64. The molecule has 108 valence electrons. The summed E-state index contributed by atoms with van der Waals surface area (Å²) in [5.41, 5.74) is -0.0186. The lowest BCUT2D eigenvalue weighted by Gasteiger charge is -2.16. The highest BCUT2D eigenvalue weighted by Crippen LogP contribution is 2.32. The summed E-state index contributed by atoms with van der Waals surface area (Å²) in [5, 5.41) is 30.6. The summed E-state index contributed by atoms with van der Waals surface area (Å²) in [7, 11) is 0. The maximum absolute atomic E-state index is 11.9. The molecule has 2 unspecified atom stereocenters. The average molecular weight is 279 g/mol. The number of carboxylic acids is 1. The third-order valence-electron chi connectivity index (χ3n) is 3.76. The normalized spacial score (nSPS) is 21.6. The Bertz CT molecular complexity index is 528. The van der Waals surface area contributed by atoms with Crippen LogP contribution in [-0.2, 0) is 4.79 Å². The number of carbonyl (C=O) groups is 2. The number of aliphatic carboxylic acids is 1. The number of benzene rings is 1. The molecule has 0 saturated heterocycles. The van der Waals surface area contributed by atoms with Gasteiger partial charge in [0.25, 0.3) is 5.91 Å². The van der Waals surface area contributed by atoms with E-state index in [-0.39, 0.29) is 23.8 Å². The zero-order valence-corrected chi connectivity index (χ0v) is 10.9. The van der Waals surface area contributed by atoms with Crippen molar-refractivity contribution in [2.45, 2.75) is 19.3 Å². The minimum atomic E-state index is -0.832. The molecular formula is C14H17NO5. The summed E-state index contributed by atoms with van der Waals surface area (Å²) in [6.45, 7) is 0.255. The fourth-order valence-electron chi connectivity index (χ4n) is 2.64. The number of amides is 1. The molecule has 1 aromatic rings. The Morgan fingerprint density at radius 1 is 1.25 bits per heavy atom. The molecule has 20 heavy (non-hydrogen) atoms. The van der Waals surface area contributed by atoms with E-state index in [9.17, 15) is 19.8 Å². The van der Waals surface area contributed by atoms with Crippen LogP contribution in [0.2, 0.25) is 0 Å². The van der Waals surface area contributed by atoms with E-state index in [1.54, 1.807) is 0 Å². The van der Waals surface area contributed by atoms with Crippen molar-refractivity contribution in [3.8, 4) is 11.5 Å². The van der Waals surface area contributed by atoms with Gasteiger partial charge in [0.15, 0.2) is 11.5 Å². The predicted molar refractivity (Wildman–Crippen MR) is 70.6 cm³/mol. The van der Waals surface area contributed by atoms with Crippen molar-refractivity contribution in [1.29, 1.82) is 0 Å². The number of aromatic hydroxyl groups is 2. The van der Waals surface area contributed by atoms with Gasteiger partial charge in [0.1, 0.15) is 0 Å². The molecule has 1 aliphatic carbocycles. The van der Waals surface area contributed by atoms with Crippen LogP contribution >= 0.6 is 0 Å². The minimum Gasteiger partial charge on any atom is -0.504 e. The molecule has 2 rings (SSSR count). The second kappa shape index (κ2) is 5.81. The summed E-state index contributed by atoms with van der Waals surface area (Å²) in [6, 6.07) is 4.14. The highest BCUT2D eigenvalue weighted by Gasteiger charge is 2.33. The molecule has 6 heteroatoms. The Hall–Kier alpha value is -2.24. The first-order chi connectivity index (χ1) is 9.50. The van der Waals surface area contributed by atoms with E-state index < -0.39 is 23.5 Å². The van der Waals surface area contributed by atoms with Crippen LogP contribution in [0.5, 0.6) is 11.5 Å². The van der Waals surface area contributed by atoms with Gasteiger partial charge >= 0.3 is 5.97 Å². The number of phenolic OH excluding ortho intramolecular Hbond substituents is 2. The van der Waals surface area contributed by atoms with E-state index in [4.69, 9.17) is 5.11 Å². The first kappa shape index (κ1) is 14.2. The quantitative estimate of drug-likeness (QED) is 0.622. The summed E-state index contributed by atoms with van der Waals surface area (Å²) >= 11 is 0. The number of phenols is 2. The first-order valence-corrected chi connectivity index (χ1v) is 6.52. The molecule has 4 N–H and O–H groups in total. The number of carboxylic acid groups (broad SMARTS) is 1. The van der Waals surface area contributed by atoms with Crippen molar-refractivity contribution < 1.29 is 24.9 Å². The van der Waals surface area contributed by atoms with Crippen molar-refractivity contribution >= 4 is 11.9 Å². The van der Waals surface area contributed by atoms with E-state index in [0.717, 1.165) is 12.8 Å². The Morgan fingerprint density at radius 3 is 2.70 bits per heavy atom. The molecule has 1 aliphatic rings. The van der Waals surface area contributed by atoms with E-state index in [2.05, 4.69) is 5.32 Å². The van der Waals surface area contributed by atoms with E-state index in [1.165, 1.54) is 18.2 Å². The van der Waals surface area contributed by atoms with Gasteiger partial charge in [-0.25, -0.2) is 0 Å². The van der Waals surface area contributed by atoms with Crippen LogP contribution in [0.25, 0.3) is 0 Å². The second-order valence-corrected chi connectivity index (χ2v) is 5.02. The van der Waals surface area contributed by atoms with Crippen LogP contribution in [0.1, 0.15) is 29.6 Å². The smallest absolute Gasteiger partial charge is 0.306 e. The topological polar surface area (TPSA) is 107 Å². The Morgan fingerprint density at radius 2 is 2.00 bits per heavy atom. The Labute approximate surface area is 116 Å². The van der Waals surface area contributed by atoms with Gasteiger partial charge in [-0.3, -0.25) is 9.59 Å². The number of hydrogen-bond acceptors (Lipinski definition) is 4. The van der Waals surface area contributed by atoms with Gasteiger partial charge < -0.3 is 20.6 Å². The van der Waals surface area contributed by atoms with Crippen LogP contribution in [0.15, 0.2) is 18.2 Å². The molecule has 2 atom stereocenters. The number of para-hydroxylation sites is 1. The largest absolute Gasteiger partial charge is 0.504 e. The van der Waals surface area contributed by atoms with Crippen molar-refractivity contribution in [1.82, 2.24) is 5.32 Å². The van der Waals surface area contributed by atoms with Gasteiger partial charge in [-0.1, -0.05) is 12.5 Å².